The highest BCUT2D eigenvalue weighted by Crippen LogP contribution is 2.10. The van der Waals surface area contributed by atoms with E-state index >= 15 is 0 Å². The molecule has 3 heteroatoms. The van der Waals surface area contributed by atoms with E-state index in [4.69, 9.17) is 4.74 Å². The molecule has 0 bridgehead atoms. The van der Waals surface area contributed by atoms with Crippen LogP contribution in [0.1, 0.15) is 104 Å². The van der Waals surface area contributed by atoms with Gasteiger partial charge in [0.1, 0.15) is 6.23 Å². The van der Waals surface area contributed by atoms with Gasteiger partial charge in [0.25, 0.3) is 0 Å². The van der Waals surface area contributed by atoms with Gasteiger partial charge in [-0.2, -0.15) is 0 Å². The van der Waals surface area contributed by atoms with Crippen LogP contribution < -0.4 is 5.32 Å². The first-order chi connectivity index (χ1) is 13.3. The van der Waals surface area contributed by atoms with Crippen molar-refractivity contribution in [2.45, 2.75) is 110 Å². The third-order valence-electron chi connectivity index (χ3n) is 4.82. The predicted octanol–water partition coefficient (Wildman–Crippen LogP) is 6.52. The van der Waals surface area contributed by atoms with E-state index in [0.29, 0.717) is 19.8 Å². The molecule has 0 aromatic heterocycles. The van der Waals surface area contributed by atoms with E-state index in [9.17, 15) is 5.11 Å². The largest absolute Gasteiger partial charge is 0.379 e. The molecule has 0 saturated heterocycles. The monoisotopic (exact) mass is 381 g/mol. The fourth-order valence-corrected chi connectivity index (χ4v) is 3.06. The fraction of sp³-hybridized carbons (Fsp3) is 0.833. The summed E-state index contributed by atoms with van der Waals surface area (Å²) < 4.78 is 5.39. The number of aliphatic hydroxyl groups is 1. The SMILES string of the molecule is CC=CCOCCNC(O)CCCCCCCC=CCCCCCCCC. The Morgan fingerprint density at radius 2 is 1.41 bits per heavy atom. The standard InChI is InChI=1S/C24H47NO2/c1-3-5-7-8-9-10-11-12-13-14-15-16-17-18-19-20-24(26)25-21-23-27-22-6-4-2/h4,6,12-13,24-26H,3,5,7-11,14-23H2,1-2H3. The summed E-state index contributed by atoms with van der Waals surface area (Å²) in [5, 5.41) is 13.0. The van der Waals surface area contributed by atoms with Gasteiger partial charge < -0.3 is 9.84 Å². The molecular weight excluding hydrogens is 334 g/mol. The smallest absolute Gasteiger partial charge is 0.104 e. The lowest BCUT2D eigenvalue weighted by molar-refractivity contribution is 0.101. The predicted molar refractivity (Wildman–Crippen MR) is 119 cm³/mol. The van der Waals surface area contributed by atoms with Crippen LogP contribution >= 0.6 is 0 Å². The van der Waals surface area contributed by atoms with E-state index in [2.05, 4.69) is 24.4 Å². The second-order valence-electron chi connectivity index (χ2n) is 7.49. The van der Waals surface area contributed by atoms with E-state index in [1.54, 1.807) is 0 Å². The van der Waals surface area contributed by atoms with Gasteiger partial charge in [-0.3, -0.25) is 5.32 Å². The summed E-state index contributed by atoms with van der Waals surface area (Å²) in [5.74, 6) is 0. The van der Waals surface area contributed by atoms with Crippen molar-refractivity contribution in [2.75, 3.05) is 19.8 Å². The van der Waals surface area contributed by atoms with Crippen molar-refractivity contribution in [2.24, 2.45) is 0 Å². The van der Waals surface area contributed by atoms with Crippen molar-refractivity contribution in [3.05, 3.63) is 24.3 Å². The minimum absolute atomic E-state index is 0.389. The first-order valence-electron chi connectivity index (χ1n) is 11.6. The van der Waals surface area contributed by atoms with Gasteiger partial charge in [-0.1, -0.05) is 82.6 Å². The van der Waals surface area contributed by atoms with Gasteiger partial charge in [-0.15, -0.1) is 0 Å². The molecule has 0 amide bonds. The summed E-state index contributed by atoms with van der Waals surface area (Å²) in [6, 6.07) is 0. The molecule has 0 spiro atoms. The quantitative estimate of drug-likeness (QED) is 0.135. The number of unbranched alkanes of at least 4 members (excludes halogenated alkanes) is 11. The molecule has 0 aliphatic heterocycles. The Bertz CT molecular complexity index is 328. The van der Waals surface area contributed by atoms with Gasteiger partial charge in [0, 0.05) is 6.54 Å². The maximum atomic E-state index is 9.87. The number of nitrogens with one attached hydrogen (secondary N) is 1. The summed E-state index contributed by atoms with van der Waals surface area (Å²) >= 11 is 0. The minimum atomic E-state index is -0.389. The van der Waals surface area contributed by atoms with Gasteiger partial charge in [0.05, 0.1) is 13.2 Å². The molecule has 27 heavy (non-hydrogen) atoms. The molecule has 0 aromatic rings. The van der Waals surface area contributed by atoms with E-state index in [1.807, 2.05) is 19.1 Å². The topological polar surface area (TPSA) is 41.5 Å². The number of rotatable bonds is 21. The Morgan fingerprint density at radius 1 is 0.815 bits per heavy atom. The number of hydrogen-bond donors (Lipinski definition) is 2. The number of aliphatic hydroxyl groups excluding tert-OH is 1. The van der Waals surface area contributed by atoms with Crippen LogP contribution in [0.15, 0.2) is 24.3 Å². The van der Waals surface area contributed by atoms with Crippen LogP contribution in [-0.4, -0.2) is 31.1 Å². The van der Waals surface area contributed by atoms with Crippen LogP contribution in [0.3, 0.4) is 0 Å². The zero-order chi connectivity index (χ0) is 19.8. The van der Waals surface area contributed by atoms with Gasteiger partial charge >= 0.3 is 0 Å². The van der Waals surface area contributed by atoms with Gasteiger partial charge in [0.2, 0.25) is 0 Å². The highest BCUT2D eigenvalue weighted by molar-refractivity contribution is 4.81. The zero-order valence-electron chi connectivity index (χ0n) is 18.3. The number of ether oxygens (including phenoxy) is 1. The zero-order valence-corrected chi connectivity index (χ0v) is 18.3. The van der Waals surface area contributed by atoms with E-state index < -0.39 is 0 Å². The molecule has 0 rings (SSSR count). The summed E-state index contributed by atoms with van der Waals surface area (Å²) in [4.78, 5) is 0. The lowest BCUT2D eigenvalue weighted by atomic mass is 10.1. The lowest BCUT2D eigenvalue weighted by Crippen LogP contribution is -2.31. The van der Waals surface area contributed by atoms with Crippen molar-refractivity contribution in [3.63, 3.8) is 0 Å². The van der Waals surface area contributed by atoms with Crippen LogP contribution in [0.4, 0.5) is 0 Å². The molecular formula is C24H47NO2. The van der Waals surface area contributed by atoms with E-state index in [1.165, 1.54) is 77.0 Å². The highest BCUT2D eigenvalue weighted by Gasteiger charge is 2.02. The van der Waals surface area contributed by atoms with E-state index in [-0.39, 0.29) is 6.23 Å². The van der Waals surface area contributed by atoms with Crippen LogP contribution in [0.25, 0.3) is 0 Å². The van der Waals surface area contributed by atoms with E-state index in [0.717, 1.165) is 12.8 Å². The maximum absolute atomic E-state index is 9.87. The molecule has 160 valence electrons. The molecule has 2 N–H and O–H groups in total. The molecule has 1 unspecified atom stereocenters. The molecule has 1 atom stereocenters. The number of allylic oxidation sites excluding steroid dienone is 3. The van der Waals surface area contributed by atoms with Crippen molar-refractivity contribution in [1.82, 2.24) is 5.32 Å². The lowest BCUT2D eigenvalue weighted by Gasteiger charge is -2.12. The third-order valence-corrected chi connectivity index (χ3v) is 4.82. The summed E-state index contributed by atoms with van der Waals surface area (Å²) in [6.45, 7) is 6.27. The average Bonchev–Trinajstić information content (AvgIpc) is 2.67. The third kappa shape index (κ3) is 23.3. The maximum Gasteiger partial charge on any atom is 0.104 e. The molecule has 0 aliphatic carbocycles. The van der Waals surface area contributed by atoms with Crippen molar-refractivity contribution in [1.29, 1.82) is 0 Å². The second kappa shape index (κ2) is 23.4. The molecule has 0 fully saturated rings. The first-order valence-corrected chi connectivity index (χ1v) is 11.6. The number of hydrogen-bond acceptors (Lipinski definition) is 3. The van der Waals surface area contributed by atoms with Gasteiger partial charge in [0.15, 0.2) is 0 Å². The van der Waals surface area contributed by atoms with Crippen molar-refractivity contribution >= 4 is 0 Å². The Labute approximate surface area is 169 Å². The summed E-state index contributed by atoms with van der Waals surface area (Å²) in [5.41, 5.74) is 0. The fourth-order valence-electron chi connectivity index (χ4n) is 3.06. The molecule has 0 heterocycles. The van der Waals surface area contributed by atoms with Gasteiger partial charge in [-0.05, 0) is 45.4 Å². The van der Waals surface area contributed by atoms with Crippen LogP contribution in [0.2, 0.25) is 0 Å². The molecule has 0 aliphatic rings. The summed E-state index contributed by atoms with van der Waals surface area (Å²) in [7, 11) is 0. The molecule has 0 radical (unpaired) electrons. The normalized spacial score (nSPS) is 13.1. The Kier molecular flexibility index (Phi) is 22.8. The Hall–Kier alpha value is -0.640. The van der Waals surface area contributed by atoms with Crippen LogP contribution in [0.5, 0.6) is 0 Å². The van der Waals surface area contributed by atoms with Crippen molar-refractivity contribution in [3.8, 4) is 0 Å². The Balaban J connectivity index is 3.20. The highest BCUT2D eigenvalue weighted by atomic mass is 16.5. The second-order valence-corrected chi connectivity index (χ2v) is 7.49. The van der Waals surface area contributed by atoms with Crippen LogP contribution in [-0.2, 0) is 4.74 Å². The molecule has 0 saturated carbocycles. The first kappa shape index (κ1) is 26.4. The molecule has 3 nitrogen and oxygen atoms in total. The minimum Gasteiger partial charge on any atom is -0.379 e. The Morgan fingerprint density at radius 3 is 2.04 bits per heavy atom. The van der Waals surface area contributed by atoms with Crippen molar-refractivity contribution < 1.29 is 9.84 Å². The van der Waals surface area contributed by atoms with Gasteiger partial charge in [-0.25, -0.2) is 0 Å². The van der Waals surface area contributed by atoms with Crippen LogP contribution in [0, 0.1) is 0 Å². The molecule has 0 aromatic carbocycles. The average molecular weight is 382 g/mol. The summed E-state index contributed by atoms with van der Waals surface area (Å²) in [6.07, 6.45) is 26.2.